The van der Waals surface area contributed by atoms with Gasteiger partial charge in [0.1, 0.15) is 18.0 Å². The first-order valence-corrected chi connectivity index (χ1v) is 9.55. The molecule has 27 heavy (non-hydrogen) atoms. The molecule has 0 spiro atoms. The van der Waals surface area contributed by atoms with Gasteiger partial charge in [0, 0.05) is 37.9 Å². The molecular weight excluding hydrogens is 342 g/mol. The van der Waals surface area contributed by atoms with Crippen LogP contribution in [0.2, 0.25) is 0 Å². The zero-order valence-electron chi connectivity index (χ0n) is 16.4. The molecule has 1 aliphatic rings. The Kier molecular flexibility index (Phi) is 5.85. The number of hydrogen-bond acceptors (Lipinski definition) is 4. The van der Waals surface area contributed by atoms with E-state index in [-0.39, 0.29) is 12.5 Å². The third-order valence-corrected chi connectivity index (χ3v) is 5.50. The summed E-state index contributed by atoms with van der Waals surface area (Å²) in [5.41, 5.74) is 2.57. The first-order valence-electron chi connectivity index (χ1n) is 9.55. The highest BCUT2D eigenvalue weighted by Crippen LogP contribution is 2.25. The second-order valence-corrected chi connectivity index (χ2v) is 7.59. The summed E-state index contributed by atoms with van der Waals surface area (Å²) in [5.74, 6) is 0.890. The van der Waals surface area contributed by atoms with Crippen LogP contribution in [0.1, 0.15) is 36.1 Å². The number of rotatable bonds is 6. The quantitative estimate of drug-likeness (QED) is 0.848. The van der Waals surface area contributed by atoms with Crippen molar-refractivity contribution in [2.75, 3.05) is 19.7 Å². The lowest BCUT2D eigenvalue weighted by Gasteiger charge is -2.38. The van der Waals surface area contributed by atoms with Crippen LogP contribution in [0, 0.1) is 20.8 Å². The van der Waals surface area contributed by atoms with Gasteiger partial charge in [0.2, 0.25) is 5.91 Å². The van der Waals surface area contributed by atoms with Gasteiger partial charge in [0.15, 0.2) is 0 Å². The summed E-state index contributed by atoms with van der Waals surface area (Å²) in [6, 6.07) is 7.88. The standard InChI is InChI=1S/C21H29N3O3/c1-16-4-5-19(14-17(16)2)27-15-21(26)8-12-23(13-9-21)20(25)7-11-24-18(3)6-10-22-24/h4-6,10,14,26H,7-9,11-13,15H2,1-3H3. The lowest BCUT2D eigenvalue weighted by Crippen LogP contribution is -2.49. The van der Waals surface area contributed by atoms with Crippen molar-refractivity contribution in [1.29, 1.82) is 0 Å². The van der Waals surface area contributed by atoms with E-state index in [0.29, 0.717) is 38.9 Å². The van der Waals surface area contributed by atoms with Crippen molar-refractivity contribution in [1.82, 2.24) is 14.7 Å². The molecule has 1 N–H and O–H groups in total. The van der Waals surface area contributed by atoms with Crippen LogP contribution in [-0.2, 0) is 11.3 Å². The number of aliphatic hydroxyl groups is 1. The van der Waals surface area contributed by atoms with Crippen molar-refractivity contribution in [3.8, 4) is 5.75 Å². The SMILES string of the molecule is Cc1ccc(OCC2(O)CCN(C(=O)CCn3nccc3C)CC2)cc1C. The lowest BCUT2D eigenvalue weighted by molar-refractivity contribution is -0.136. The minimum absolute atomic E-state index is 0.113. The van der Waals surface area contributed by atoms with Crippen molar-refractivity contribution >= 4 is 5.91 Å². The van der Waals surface area contributed by atoms with Gasteiger partial charge in [-0.2, -0.15) is 5.10 Å². The summed E-state index contributed by atoms with van der Waals surface area (Å²) in [7, 11) is 0. The molecule has 6 heteroatoms. The first kappa shape index (κ1) is 19.4. The van der Waals surface area contributed by atoms with Crippen molar-refractivity contribution in [3.63, 3.8) is 0 Å². The highest BCUT2D eigenvalue weighted by Gasteiger charge is 2.34. The zero-order valence-corrected chi connectivity index (χ0v) is 16.4. The molecule has 0 saturated carbocycles. The van der Waals surface area contributed by atoms with Crippen LogP contribution < -0.4 is 4.74 Å². The summed E-state index contributed by atoms with van der Waals surface area (Å²) < 4.78 is 7.67. The third kappa shape index (κ3) is 4.89. The Labute approximate surface area is 160 Å². The molecule has 3 rings (SSSR count). The van der Waals surface area contributed by atoms with Crippen LogP contribution in [0.15, 0.2) is 30.5 Å². The van der Waals surface area contributed by atoms with Crippen LogP contribution >= 0.6 is 0 Å². The van der Waals surface area contributed by atoms with Gasteiger partial charge in [-0.25, -0.2) is 0 Å². The van der Waals surface area contributed by atoms with Crippen LogP contribution in [0.3, 0.4) is 0 Å². The average molecular weight is 371 g/mol. The number of benzene rings is 1. The van der Waals surface area contributed by atoms with Crippen molar-refractivity contribution in [3.05, 3.63) is 47.3 Å². The number of carbonyl (C=O) groups is 1. The van der Waals surface area contributed by atoms with E-state index in [1.54, 1.807) is 6.20 Å². The van der Waals surface area contributed by atoms with Crippen molar-refractivity contribution in [2.45, 2.75) is 52.2 Å². The van der Waals surface area contributed by atoms with E-state index < -0.39 is 5.60 Å². The molecule has 1 fully saturated rings. The number of carbonyl (C=O) groups excluding carboxylic acids is 1. The number of ether oxygens (including phenoxy) is 1. The summed E-state index contributed by atoms with van der Waals surface area (Å²) in [6.07, 6.45) is 3.24. The molecule has 1 saturated heterocycles. The van der Waals surface area contributed by atoms with Crippen LogP contribution in [0.4, 0.5) is 0 Å². The maximum atomic E-state index is 12.4. The van der Waals surface area contributed by atoms with E-state index in [0.717, 1.165) is 11.4 Å². The molecule has 6 nitrogen and oxygen atoms in total. The van der Waals surface area contributed by atoms with Gasteiger partial charge in [-0.1, -0.05) is 6.07 Å². The molecule has 0 unspecified atom stereocenters. The van der Waals surface area contributed by atoms with E-state index in [9.17, 15) is 9.90 Å². The molecule has 0 aliphatic carbocycles. The van der Waals surface area contributed by atoms with Crippen LogP contribution in [-0.4, -0.2) is 51.0 Å². The normalized spacial score (nSPS) is 16.4. The van der Waals surface area contributed by atoms with E-state index >= 15 is 0 Å². The Morgan fingerprint density at radius 3 is 2.56 bits per heavy atom. The highest BCUT2D eigenvalue weighted by molar-refractivity contribution is 5.76. The Bertz CT molecular complexity index is 792. The topological polar surface area (TPSA) is 67.6 Å². The maximum absolute atomic E-state index is 12.4. The summed E-state index contributed by atoms with van der Waals surface area (Å²) in [4.78, 5) is 14.3. The molecule has 1 aromatic heterocycles. The Morgan fingerprint density at radius 2 is 1.93 bits per heavy atom. The molecule has 2 heterocycles. The number of amides is 1. The number of likely N-dealkylation sites (tertiary alicyclic amines) is 1. The van der Waals surface area contributed by atoms with Gasteiger partial charge in [0.05, 0.1) is 0 Å². The van der Waals surface area contributed by atoms with Gasteiger partial charge in [0.25, 0.3) is 0 Å². The number of aryl methyl sites for hydroxylation is 4. The molecular formula is C21H29N3O3. The predicted octanol–water partition coefficient (Wildman–Crippen LogP) is 2.63. The minimum atomic E-state index is -0.881. The number of piperidine rings is 1. The van der Waals surface area contributed by atoms with Gasteiger partial charge < -0.3 is 14.7 Å². The molecule has 0 atom stereocenters. The molecule has 0 bridgehead atoms. The summed E-state index contributed by atoms with van der Waals surface area (Å²) in [6.45, 7) is 8.05. The number of hydrogen-bond donors (Lipinski definition) is 1. The number of aromatic nitrogens is 2. The minimum Gasteiger partial charge on any atom is -0.491 e. The predicted molar refractivity (Wildman–Crippen MR) is 104 cm³/mol. The Morgan fingerprint density at radius 1 is 1.19 bits per heavy atom. The van der Waals surface area contributed by atoms with Crippen LogP contribution in [0.5, 0.6) is 5.75 Å². The van der Waals surface area contributed by atoms with Gasteiger partial charge in [-0.05, 0) is 62.9 Å². The average Bonchev–Trinajstić information content (AvgIpc) is 3.06. The van der Waals surface area contributed by atoms with Crippen LogP contribution in [0.25, 0.3) is 0 Å². The van der Waals surface area contributed by atoms with Crippen molar-refractivity contribution < 1.29 is 14.6 Å². The summed E-state index contributed by atoms with van der Waals surface area (Å²) in [5, 5.41) is 15.0. The van der Waals surface area contributed by atoms with Gasteiger partial charge in [-0.3, -0.25) is 9.48 Å². The maximum Gasteiger partial charge on any atom is 0.224 e. The monoisotopic (exact) mass is 371 g/mol. The molecule has 2 aromatic rings. The van der Waals surface area contributed by atoms with Crippen molar-refractivity contribution in [2.24, 2.45) is 0 Å². The second kappa shape index (κ2) is 8.13. The third-order valence-electron chi connectivity index (χ3n) is 5.50. The fourth-order valence-corrected chi connectivity index (χ4v) is 3.33. The van der Waals surface area contributed by atoms with E-state index in [4.69, 9.17) is 4.74 Å². The smallest absolute Gasteiger partial charge is 0.224 e. The molecule has 1 amide bonds. The van der Waals surface area contributed by atoms with Gasteiger partial charge >= 0.3 is 0 Å². The largest absolute Gasteiger partial charge is 0.491 e. The molecule has 1 aromatic carbocycles. The first-order chi connectivity index (χ1) is 12.9. The zero-order chi connectivity index (χ0) is 19.4. The fourth-order valence-electron chi connectivity index (χ4n) is 3.33. The second-order valence-electron chi connectivity index (χ2n) is 7.59. The number of nitrogens with zero attached hydrogens (tertiary/aromatic N) is 3. The lowest BCUT2D eigenvalue weighted by atomic mass is 9.92. The molecule has 146 valence electrons. The molecule has 1 aliphatic heterocycles. The Balaban J connectivity index is 1.46. The van der Waals surface area contributed by atoms with E-state index in [1.165, 1.54) is 11.1 Å². The highest BCUT2D eigenvalue weighted by atomic mass is 16.5. The summed E-state index contributed by atoms with van der Waals surface area (Å²) >= 11 is 0. The van der Waals surface area contributed by atoms with E-state index in [1.807, 2.05) is 47.7 Å². The fraction of sp³-hybridized carbons (Fsp3) is 0.524. The van der Waals surface area contributed by atoms with E-state index in [2.05, 4.69) is 12.0 Å². The Hall–Kier alpha value is -2.34. The molecule has 0 radical (unpaired) electrons. The van der Waals surface area contributed by atoms with Gasteiger partial charge in [-0.15, -0.1) is 0 Å².